The zero-order valence-corrected chi connectivity index (χ0v) is 9.43. The summed E-state index contributed by atoms with van der Waals surface area (Å²) in [6.45, 7) is 5.15. The number of methoxy groups -OCH3 is 1. The van der Waals surface area contributed by atoms with E-state index in [4.69, 9.17) is 10.5 Å². The van der Waals surface area contributed by atoms with E-state index in [1.165, 1.54) is 0 Å². The molecule has 0 saturated carbocycles. The molecule has 0 atom stereocenters. The van der Waals surface area contributed by atoms with Crippen LogP contribution in [0, 0.1) is 0 Å². The van der Waals surface area contributed by atoms with Gasteiger partial charge in [0.25, 0.3) is 0 Å². The van der Waals surface area contributed by atoms with E-state index in [0.29, 0.717) is 26.0 Å². The molecule has 0 aromatic rings. The van der Waals surface area contributed by atoms with Crippen LogP contribution >= 0.6 is 0 Å². The number of hydrogen-bond acceptors (Lipinski definition) is 3. The molecule has 4 heteroatoms. The molecule has 14 heavy (non-hydrogen) atoms. The van der Waals surface area contributed by atoms with Crippen LogP contribution in [0.4, 0.5) is 0 Å². The molecule has 3 N–H and O–H groups in total. The van der Waals surface area contributed by atoms with Gasteiger partial charge in [-0.1, -0.05) is 13.8 Å². The van der Waals surface area contributed by atoms with Gasteiger partial charge in [-0.2, -0.15) is 0 Å². The van der Waals surface area contributed by atoms with Crippen molar-refractivity contribution in [2.75, 3.05) is 20.3 Å². The lowest BCUT2D eigenvalue weighted by atomic mass is 9.93. The van der Waals surface area contributed by atoms with Gasteiger partial charge >= 0.3 is 0 Å². The third kappa shape index (κ3) is 4.07. The third-order valence-electron chi connectivity index (χ3n) is 2.52. The number of ether oxygens (including phenoxy) is 1. The molecule has 84 valence electrons. The summed E-state index contributed by atoms with van der Waals surface area (Å²) in [6.07, 6.45) is 2.16. The minimum absolute atomic E-state index is 0.0568. The van der Waals surface area contributed by atoms with Gasteiger partial charge in [0, 0.05) is 20.3 Å². The minimum Gasteiger partial charge on any atom is -0.385 e. The van der Waals surface area contributed by atoms with Gasteiger partial charge in [0.2, 0.25) is 5.91 Å². The summed E-state index contributed by atoms with van der Waals surface area (Å²) in [5, 5.41) is 2.82. The van der Waals surface area contributed by atoms with Crippen LogP contribution in [0.15, 0.2) is 0 Å². The maximum Gasteiger partial charge on any atom is 0.240 e. The maximum absolute atomic E-state index is 11.6. The van der Waals surface area contributed by atoms with Gasteiger partial charge in [-0.25, -0.2) is 0 Å². The predicted octanol–water partition coefficient (Wildman–Crippen LogP) is 0.657. The first-order chi connectivity index (χ1) is 6.60. The van der Waals surface area contributed by atoms with Gasteiger partial charge in [0.05, 0.1) is 5.54 Å². The zero-order valence-electron chi connectivity index (χ0n) is 9.43. The molecule has 4 nitrogen and oxygen atoms in total. The fourth-order valence-electron chi connectivity index (χ4n) is 1.17. The second-order valence-corrected chi connectivity index (χ2v) is 3.47. The summed E-state index contributed by atoms with van der Waals surface area (Å²) in [7, 11) is 1.65. The average molecular weight is 202 g/mol. The summed E-state index contributed by atoms with van der Waals surface area (Å²) in [5.74, 6) is -0.0568. The lowest BCUT2D eigenvalue weighted by Gasteiger charge is -2.25. The molecule has 0 radical (unpaired) electrons. The lowest BCUT2D eigenvalue weighted by Crippen LogP contribution is -2.53. The lowest BCUT2D eigenvalue weighted by molar-refractivity contribution is -0.126. The first kappa shape index (κ1) is 13.4. The van der Waals surface area contributed by atoms with Gasteiger partial charge < -0.3 is 15.8 Å². The van der Waals surface area contributed by atoms with Crippen LogP contribution in [0.1, 0.15) is 33.1 Å². The zero-order chi connectivity index (χ0) is 11.0. The third-order valence-corrected chi connectivity index (χ3v) is 2.52. The summed E-state index contributed by atoms with van der Waals surface area (Å²) in [4.78, 5) is 11.6. The van der Waals surface area contributed by atoms with Crippen LogP contribution in [-0.2, 0) is 9.53 Å². The highest BCUT2D eigenvalue weighted by Crippen LogP contribution is 2.10. The molecule has 0 aromatic carbocycles. The van der Waals surface area contributed by atoms with E-state index in [2.05, 4.69) is 5.32 Å². The van der Waals surface area contributed by atoms with Crippen molar-refractivity contribution in [1.29, 1.82) is 0 Å². The number of nitrogens with one attached hydrogen (secondary N) is 1. The molecule has 0 heterocycles. The second-order valence-electron chi connectivity index (χ2n) is 3.47. The Morgan fingerprint density at radius 2 is 2.00 bits per heavy atom. The van der Waals surface area contributed by atoms with Crippen molar-refractivity contribution in [2.45, 2.75) is 38.6 Å². The first-order valence-corrected chi connectivity index (χ1v) is 5.16. The molecule has 0 saturated heterocycles. The summed E-state index contributed by atoms with van der Waals surface area (Å²) >= 11 is 0. The Bertz CT molecular complexity index is 168. The maximum atomic E-state index is 11.6. The van der Waals surface area contributed by atoms with E-state index in [0.717, 1.165) is 6.42 Å². The van der Waals surface area contributed by atoms with E-state index >= 15 is 0 Å². The highest BCUT2D eigenvalue weighted by Gasteiger charge is 2.29. The van der Waals surface area contributed by atoms with Crippen molar-refractivity contribution in [3.05, 3.63) is 0 Å². The van der Waals surface area contributed by atoms with Crippen LogP contribution in [-0.4, -0.2) is 31.7 Å². The highest BCUT2D eigenvalue weighted by atomic mass is 16.5. The van der Waals surface area contributed by atoms with Crippen molar-refractivity contribution in [1.82, 2.24) is 5.32 Å². The molecule has 0 unspecified atom stereocenters. The average Bonchev–Trinajstić information content (AvgIpc) is 2.22. The van der Waals surface area contributed by atoms with Crippen molar-refractivity contribution >= 4 is 5.91 Å². The van der Waals surface area contributed by atoms with Crippen LogP contribution in [0.3, 0.4) is 0 Å². The van der Waals surface area contributed by atoms with E-state index in [-0.39, 0.29) is 5.91 Å². The second kappa shape index (κ2) is 6.79. The summed E-state index contributed by atoms with van der Waals surface area (Å²) in [6, 6.07) is 0. The normalized spacial score (nSPS) is 11.4. The Morgan fingerprint density at radius 3 is 2.43 bits per heavy atom. The topological polar surface area (TPSA) is 64.4 Å². The van der Waals surface area contributed by atoms with Crippen molar-refractivity contribution < 1.29 is 9.53 Å². The van der Waals surface area contributed by atoms with Crippen LogP contribution in [0.5, 0.6) is 0 Å². The molecule has 0 aliphatic rings. The van der Waals surface area contributed by atoms with Gasteiger partial charge in [-0.3, -0.25) is 4.79 Å². The Balaban J connectivity index is 3.82. The van der Waals surface area contributed by atoms with Crippen LogP contribution in [0.25, 0.3) is 0 Å². The predicted molar refractivity (Wildman–Crippen MR) is 57.0 cm³/mol. The van der Waals surface area contributed by atoms with Gasteiger partial charge in [-0.05, 0) is 19.3 Å². The van der Waals surface area contributed by atoms with E-state index in [9.17, 15) is 4.79 Å². The standard InChI is InChI=1S/C10H22N2O2/c1-4-10(11,5-2)9(13)12-7-6-8-14-3/h4-8,11H2,1-3H3,(H,12,13). The number of rotatable bonds is 7. The van der Waals surface area contributed by atoms with Crippen LogP contribution in [0.2, 0.25) is 0 Å². The summed E-state index contributed by atoms with van der Waals surface area (Å²) < 4.78 is 4.88. The molecule has 0 rings (SSSR count). The quantitative estimate of drug-likeness (QED) is 0.596. The molecule has 0 fully saturated rings. The Morgan fingerprint density at radius 1 is 1.43 bits per heavy atom. The number of nitrogens with two attached hydrogens (primary N) is 1. The highest BCUT2D eigenvalue weighted by molar-refractivity contribution is 5.85. The number of carbonyl (C=O) groups is 1. The fourth-order valence-corrected chi connectivity index (χ4v) is 1.17. The van der Waals surface area contributed by atoms with Crippen molar-refractivity contribution in [2.24, 2.45) is 5.73 Å². The first-order valence-electron chi connectivity index (χ1n) is 5.16. The van der Waals surface area contributed by atoms with E-state index < -0.39 is 5.54 Å². The molecule has 0 spiro atoms. The molecular formula is C10H22N2O2. The SMILES string of the molecule is CCC(N)(CC)C(=O)NCCCOC. The monoisotopic (exact) mass is 202 g/mol. The van der Waals surface area contributed by atoms with Crippen molar-refractivity contribution in [3.8, 4) is 0 Å². The van der Waals surface area contributed by atoms with Crippen molar-refractivity contribution in [3.63, 3.8) is 0 Å². The van der Waals surface area contributed by atoms with Gasteiger partial charge in [0.15, 0.2) is 0 Å². The molecular weight excluding hydrogens is 180 g/mol. The minimum atomic E-state index is -0.701. The Kier molecular flexibility index (Phi) is 6.49. The number of carbonyl (C=O) groups excluding carboxylic acids is 1. The van der Waals surface area contributed by atoms with Gasteiger partial charge in [-0.15, -0.1) is 0 Å². The Hall–Kier alpha value is -0.610. The van der Waals surface area contributed by atoms with E-state index in [1.807, 2.05) is 13.8 Å². The largest absolute Gasteiger partial charge is 0.385 e. The van der Waals surface area contributed by atoms with Gasteiger partial charge in [0.1, 0.15) is 0 Å². The smallest absolute Gasteiger partial charge is 0.240 e. The molecule has 0 aliphatic heterocycles. The molecule has 0 aliphatic carbocycles. The molecule has 0 aromatic heterocycles. The Labute approximate surface area is 86.2 Å². The molecule has 1 amide bonds. The molecule has 0 bridgehead atoms. The number of hydrogen-bond donors (Lipinski definition) is 2. The number of amides is 1. The summed E-state index contributed by atoms with van der Waals surface area (Å²) in [5.41, 5.74) is 5.21. The van der Waals surface area contributed by atoms with E-state index in [1.54, 1.807) is 7.11 Å². The fraction of sp³-hybridized carbons (Fsp3) is 0.900. The van der Waals surface area contributed by atoms with Crippen LogP contribution < -0.4 is 11.1 Å².